The molecule has 1 aliphatic heterocycles. The fraction of sp³-hybridized carbons (Fsp3) is 0.381. The zero-order valence-corrected chi connectivity index (χ0v) is 16.0. The highest BCUT2D eigenvalue weighted by Gasteiger charge is 2.24. The van der Waals surface area contributed by atoms with Crippen LogP contribution in [0.2, 0.25) is 0 Å². The second-order valence-corrected chi connectivity index (χ2v) is 7.09. The minimum atomic E-state index is -0.642. The van der Waals surface area contributed by atoms with Gasteiger partial charge in [-0.3, -0.25) is 4.79 Å². The number of hydrogen-bond acceptors (Lipinski definition) is 5. The number of rotatable bonds is 5. The van der Waals surface area contributed by atoms with Crippen molar-refractivity contribution < 1.29 is 13.9 Å². The number of nitrogens with one attached hydrogen (secondary N) is 1. The molecule has 0 aliphatic carbocycles. The van der Waals surface area contributed by atoms with Gasteiger partial charge in [0.15, 0.2) is 0 Å². The summed E-state index contributed by atoms with van der Waals surface area (Å²) >= 11 is 0. The molecule has 146 valence electrons. The molecule has 1 aliphatic rings. The predicted octanol–water partition coefficient (Wildman–Crippen LogP) is 3.81. The van der Waals surface area contributed by atoms with Gasteiger partial charge in [-0.15, -0.1) is 0 Å². The second-order valence-electron chi connectivity index (χ2n) is 7.09. The van der Waals surface area contributed by atoms with E-state index in [1.807, 2.05) is 12.1 Å². The molecule has 7 heteroatoms. The average molecular weight is 381 g/mol. The number of benzene rings is 1. The normalized spacial score (nSPS) is 16.6. The van der Waals surface area contributed by atoms with E-state index in [2.05, 4.69) is 21.8 Å². The standard InChI is InChI=1S/C21H23N3O4/c1-3-8-24-12-22-15-11-14(6-7-16(15)24)23-20(25)19-13(2)10-18(28-21(19)26)17-5-4-9-27-17/h6-7,10-12,17H,3-5,8-9H2,1-2H3,(H,23,25). The number of carbonyl (C=O) groups is 1. The van der Waals surface area contributed by atoms with E-state index in [9.17, 15) is 9.59 Å². The molecule has 3 aromatic rings. The van der Waals surface area contributed by atoms with Crippen molar-refractivity contribution in [2.75, 3.05) is 11.9 Å². The van der Waals surface area contributed by atoms with Crippen LogP contribution < -0.4 is 10.9 Å². The number of amides is 1. The quantitative estimate of drug-likeness (QED) is 0.726. The summed E-state index contributed by atoms with van der Waals surface area (Å²) < 4.78 is 13.0. The SMILES string of the molecule is CCCn1cnc2cc(NC(=O)c3c(C)cc(C4CCCO4)oc3=O)ccc21. The minimum Gasteiger partial charge on any atom is -0.424 e. The Labute approximate surface area is 162 Å². The zero-order valence-electron chi connectivity index (χ0n) is 16.0. The Morgan fingerprint density at radius 3 is 2.93 bits per heavy atom. The van der Waals surface area contributed by atoms with Crippen LogP contribution in [-0.4, -0.2) is 22.1 Å². The van der Waals surface area contributed by atoms with Crippen molar-refractivity contribution in [3.05, 3.63) is 57.9 Å². The first-order chi connectivity index (χ1) is 13.6. The van der Waals surface area contributed by atoms with Gasteiger partial charge in [-0.2, -0.15) is 0 Å². The maximum Gasteiger partial charge on any atom is 0.349 e. The average Bonchev–Trinajstić information content (AvgIpc) is 3.32. The van der Waals surface area contributed by atoms with E-state index in [0.717, 1.165) is 36.8 Å². The Bertz CT molecular complexity index is 1080. The van der Waals surface area contributed by atoms with Crippen molar-refractivity contribution in [1.29, 1.82) is 0 Å². The fourth-order valence-corrected chi connectivity index (χ4v) is 3.62. The molecule has 1 aromatic carbocycles. The first-order valence-corrected chi connectivity index (χ1v) is 9.59. The lowest BCUT2D eigenvalue weighted by molar-refractivity contribution is 0.0895. The second kappa shape index (κ2) is 7.59. The molecule has 4 rings (SSSR count). The topological polar surface area (TPSA) is 86.4 Å². The highest BCUT2D eigenvalue weighted by Crippen LogP contribution is 2.28. The zero-order chi connectivity index (χ0) is 19.7. The van der Waals surface area contributed by atoms with E-state index in [1.165, 1.54) is 0 Å². The molecule has 1 saturated heterocycles. The van der Waals surface area contributed by atoms with Crippen molar-refractivity contribution in [1.82, 2.24) is 9.55 Å². The van der Waals surface area contributed by atoms with Crippen LogP contribution >= 0.6 is 0 Å². The number of hydrogen-bond donors (Lipinski definition) is 1. The molecule has 0 saturated carbocycles. The Morgan fingerprint density at radius 1 is 1.36 bits per heavy atom. The van der Waals surface area contributed by atoms with Gasteiger partial charge in [-0.05, 0) is 56.0 Å². The third kappa shape index (κ3) is 3.45. The molecule has 0 spiro atoms. The Balaban J connectivity index is 1.58. The van der Waals surface area contributed by atoms with E-state index >= 15 is 0 Å². The lowest BCUT2D eigenvalue weighted by Crippen LogP contribution is -2.23. The van der Waals surface area contributed by atoms with Crippen molar-refractivity contribution in [3.8, 4) is 0 Å². The number of fused-ring (bicyclic) bond motifs is 1. The highest BCUT2D eigenvalue weighted by atomic mass is 16.5. The van der Waals surface area contributed by atoms with Crippen LogP contribution in [0.3, 0.4) is 0 Å². The number of anilines is 1. The van der Waals surface area contributed by atoms with Crippen LogP contribution in [0, 0.1) is 6.92 Å². The minimum absolute atomic E-state index is 0.0124. The number of ether oxygens (including phenoxy) is 1. The number of carbonyl (C=O) groups excluding carboxylic acids is 1. The monoisotopic (exact) mass is 381 g/mol. The third-order valence-electron chi connectivity index (χ3n) is 4.99. The van der Waals surface area contributed by atoms with Crippen LogP contribution in [0.5, 0.6) is 0 Å². The molecule has 1 fully saturated rings. The molecular formula is C21H23N3O4. The lowest BCUT2D eigenvalue weighted by Gasteiger charge is -2.11. The van der Waals surface area contributed by atoms with Crippen molar-refractivity contribution in [2.24, 2.45) is 0 Å². The molecule has 1 unspecified atom stereocenters. The molecule has 0 radical (unpaired) electrons. The van der Waals surface area contributed by atoms with E-state index in [1.54, 1.807) is 25.4 Å². The van der Waals surface area contributed by atoms with Crippen LogP contribution in [0.25, 0.3) is 11.0 Å². The van der Waals surface area contributed by atoms with E-state index in [-0.39, 0.29) is 11.7 Å². The van der Waals surface area contributed by atoms with Crippen LogP contribution in [0.4, 0.5) is 5.69 Å². The summed E-state index contributed by atoms with van der Waals surface area (Å²) in [5.74, 6) is -0.00286. The van der Waals surface area contributed by atoms with Crippen molar-refractivity contribution in [3.63, 3.8) is 0 Å². The molecule has 1 N–H and O–H groups in total. The van der Waals surface area contributed by atoms with E-state index in [0.29, 0.717) is 23.6 Å². The summed E-state index contributed by atoms with van der Waals surface area (Å²) in [7, 11) is 0. The predicted molar refractivity (Wildman–Crippen MR) is 106 cm³/mol. The first kappa shape index (κ1) is 18.4. The Hall–Kier alpha value is -2.93. The van der Waals surface area contributed by atoms with Gasteiger partial charge in [0.1, 0.15) is 17.4 Å². The number of imidazole rings is 1. The van der Waals surface area contributed by atoms with Gasteiger partial charge < -0.3 is 19.0 Å². The molecule has 28 heavy (non-hydrogen) atoms. The molecule has 0 bridgehead atoms. The van der Waals surface area contributed by atoms with Crippen molar-refractivity contribution >= 4 is 22.6 Å². The van der Waals surface area contributed by atoms with E-state index in [4.69, 9.17) is 9.15 Å². The van der Waals surface area contributed by atoms with Gasteiger partial charge in [0.25, 0.3) is 5.91 Å². The van der Waals surface area contributed by atoms with E-state index < -0.39 is 11.5 Å². The van der Waals surface area contributed by atoms with Crippen LogP contribution in [0.1, 0.15) is 54.0 Å². The Kier molecular flexibility index (Phi) is 5.00. The summed E-state index contributed by atoms with van der Waals surface area (Å²) in [5.41, 5.74) is 2.34. The summed E-state index contributed by atoms with van der Waals surface area (Å²) in [5, 5.41) is 2.78. The summed E-state index contributed by atoms with van der Waals surface area (Å²) in [4.78, 5) is 29.5. The third-order valence-corrected chi connectivity index (χ3v) is 4.99. The maximum atomic E-state index is 12.7. The summed E-state index contributed by atoms with van der Waals surface area (Å²) in [6.07, 6.45) is 4.36. The van der Waals surface area contributed by atoms with Gasteiger partial charge >= 0.3 is 5.63 Å². The van der Waals surface area contributed by atoms with Crippen LogP contribution in [0.15, 0.2) is 39.8 Å². The smallest absolute Gasteiger partial charge is 0.349 e. The van der Waals surface area contributed by atoms with Gasteiger partial charge in [-0.25, -0.2) is 9.78 Å². The van der Waals surface area contributed by atoms with Gasteiger partial charge in [-0.1, -0.05) is 6.92 Å². The van der Waals surface area contributed by atoms with Crippen LogP contribution in [-0.2, 0) is 11.3 Å². The molecule has 1 atom stereocenters. The number of aryl methyl sites for hydroxylation is 2. The molecule has 2 aromatic heterocycles. The Morgan fingerprint density at radius 2 is 2.21 bits per heavy atom. The summed E-state index contributed by atoms with van der Waals surface area (Å²) in [6, 6.07) is 7.26. The van der Waals surface area contributed by atoms with Gasteiger partial charge in [0, 0.05) is 18.8 Å². The maximum absolute atomic E-state index is 12.7. The summed E-state index contributed by atoms with van der Waals surface area (Å²) in [6.45, 7) is 5.39. The fourth-order valence-electron chi connectivity index (χ4n) is 3.62. The molecule has 1 amide bonds. The van der Waals surface area contributed by atoms with Crippen molar-refractivity contribution in [2.45, 2.75) is 45.8 Å². The molecular weight excluding hydrogens is 358 g/mol. The number of aromatic nitrogens is 2. The number of nitrogens with zero attached hydrogens (tertiary/aromatic N) is 2. The van der Waals surface area contributed by atoms with Gasteiger partial charge in [0.2, 0.25) is 0 Å². The molecule has 3 heterocycles. The van der Waals surface area contributed by atoms with Gasteiger partial charge in [0.05, 0.1) is 17.4 Å². The molecule has 7 nitrogen and oxygen atoms in total. The highest BCUT2D eigenvalue weighted by molar-refractivity contribution is 6.05. The first-order valence-electron chi connectivity index (χ1n) is 9.59. The lowest BCUT2D eigenvalue weighted by atomic mass is 10.1. The largest absolute Gasteiger partial charge is 0.424 e.